The van der Waals surface area contributed by atoms with Gasteiger partial charge in [0.15, 0.2) is 0 Å². The van der Waals surface area contributed by atoms with Crippen molar-refractivity contribution in [2.75, 3.05) is 5.32 Å². The van der Waals surface area contributed by atoms with Crippen LogP contribution < -0.4 is 5.32 Å². The first kappa shape index (κ1) is 16.6. The summed E-state index contributed by atoms with van der Waals surface area (Å²) in [6, 6.07) is 6.24. The van der Waals surface area contributed by atoms with Gasteiger partial charge in [0, 0.05) is 19.7 Å². The zero-order valence-electron chi connectivity index (χ0n) is 13.0. The van der Waals surface area contributed by atoms with Gasteiger partial charge >= 0.3 is 0 Å². The highest BCUT2D eigenvalue weighted by atomic mass is 35.5. The normalized spacial score (nSPS) is 10.8. The van der Waals surface area contributed by atoms with Crippen LogP contribution in [0.2, 0.25) is 5.02 Å². The van der Waals surface area contributed by atoms with Gasteiger partial charge in [-0.25, -0.2) is 9.37 Å². The summed E-state index contributed by atoms with van der Waals surface area (Å²) in [7, 11) is 1.71. The van der Waals surface area contributed by atoms with Crippen LogP contribution in [0.4, 0.5) is 9.39 Å². The van der Waals surface area contributed by atoms with Gasteiger partial charge in [0.1, 0.15) is 16.5 Å². The van der Waals surface area contributed by atoms with E-state index in [1.807, 2.05) is 6.92 Å². The van der Waals surface area contributed by atoms with Crippen LogP contribution in [0.1, 0.15) is 26.8 Å². The van der Waals surface area contributed by atoms with E-state index in [2.05, 4.69) is 15.4 Å². The maximum absolute atomic E-state index is 13.2. The number of aryl methyl sites for hydroxylation is 2. The average molecular weight is 365 g/mol. The number of halogens is 2. The molecule has 0 aliphatic heterocycles. The molecule has 124 valence electrons. The second kappa shape index (κ2) is 6.70. The first-order chi connectivity index (χ1) is 11.4. The Hall–Kier alpha value is -2.25. The van der Waals surface area contributed by atoms with Crippen molar-refractivity contribution in [2.45, 2.75) is 13.3 Å². The molecule has 24 heavy (non-hydrogen) atoms. The number of hydrogen-bond donors (Lipinski definition) is 1. The number of nitrogens with zero attached hydrogens (tertiary/aromatic N) is 3. The van der Waals surface area contributed by atoms with Gasteiger partial charge in [-0.05, 0) is 30.7 Å². The maximum Gasteiger partial charge on any atom is 0.274 e. The van der Waals surface area contributed by atoms with Crippen LogP contribution in [-0.4, -0.2) is 20.7 Å². The predicted molar refractivity (Wildman–Crippen MR) is 92.2 cm³/mol. The summed E-state index contributed by atoms with van der Waals surface area (Å²) in [4.78, 5) is 16.7. The van der Waals surface area contributed by atoms with Gasteiger partial charge in [-0.2, -0.15) is 5.10 Å². The fourth-order valence-electron chi connectivity index (χ4n) is 2.23. The first-order valence-electron chi connectivity index (χ1n) is 7.13. The van der Waals surface area contributed by atoms with E-state index in [1.165, 1.54) is 22.1 Å². The molecule has 5 nitrogen and oxygen atoms in total. The SMILES string of the molecule is Cc1nc(Cc2ccc(F)c(Cl)c2)sc1NC(=O)c1ccnn1C. The summed E-state index contributed by atoms with van der Waals surface area (Å²) in [6.45, 7) is 1.83. The Bertz CT molecular complexity index is 905. The molecule has 0 saturated carbocycles. The number of carbonyl (C=O) groups excluding carboxylic acids is 1. The molecule has 0 aliphatic carbocycles. The second-order valence-corrected chi connectivity index (χ2v) is 6.73. The van der Waals surface area contributed by atoms with Gasteiger partial charge in [-0.3, -0.25) is 9.48 Å². The number of anilines is 1. The second-order valence-electron chi connectivity index (χ2n) is 5.24. The molecular weight excluding hydrogens is 351 g/mol. The molecule has 2 heterocycles. The van der Waals surface area contributed by atoms with Crippen LogP contribution in [-0.2, 0) is 13.5 Å². The van der Waals surface area contributed by atoms with Crippen molar-refractivity contribution in [3.8, 4) is 0 Å². The minimum absolute atomic E-state index is 0.0884. The minimum atomic E-state index is -0.445. The van der Waals surface area contributed by atoms with E-state index in [0.717, 1.165) is 16.3 Å². The highest BCUT2D eigenvalue weighted by Gasteiger charge is 2.15. The van der Waals surface area contributed by atoms with Gasteiger partial charge in [0.2, 0.25) is 0 Å². The number of aromatic nitrogens is 3. The summed E-state index contributed by atoms with van der Waals surface area (Å²) in [5, 5.41) is 8.42. The summed E-state index contributed by atoms with van der Waals surface area (Å²) < 4.78 is 14.7. The van der Waals surface area contributed by atoms with Crippen molar-refractivity contribution in [1.29, 1.82) is 0 Å². The summed E-state index contributed by atoms with van der Waals surface area (Å²) in [5.41, 5.74) is 2.06. The fourth-order valence-corrected chi connectivity index (χ4v) is 3.43. The number of amides is 1. The third kappa shape index (κ3) is 3.47. The molecule has 0 radical (unpaired) electrons. The third-order valence-electron chi connectivity index (χ3n) is 3.46. The molecule has 3 rings (SSSR count). The van der Waals surface area contributed by atoms with E-state index in [1.54, 1.807) is 31.4 Å². The molecule has 0 aliphatic rings. The van der Waals surface area contributed by atoms with Crippen molar-refractivity contribution in [3.05, 3.63) is 63.3 Å². The Morgan fingerprint density at radius 2 is 2.21 bits per heavy atom. The van der Waals surface area contributed by atoms with E-state index in [0.29, 0.717) is 17.1 Å². The number of nitrogens with one attached hydrogen (secondary N) is 1. The quantitative estimate of drug-likeness (QED) is 0.765. The Morgan fingerprint density at radius 1 is 1.42 bits per heavy atom. The Labute approximate surface area is 147 Å². The number of hydrogen-bond acceptors (Lipinski definition) is 4. The lowest BCUT2D eigenvalue weighted by Crippen LogP contribution is -2.15. The summed E-state index contributed by atoms with van der Waals surface area (Å²) >= 11 is 7.19. The fraction of sp³-hybridized carbons (Fsp3) is 0.188. The van der Waals surface area contributed by atoms with E-state index in [9.17, 15) is 9.18 Å². The van der Waals surface area contributed by atoms with Gasteiger partial charge in [0.25, 0.3) is 5.91 Å². The van der Waals surface area contributed by atoms with Gasteiger partial charge in [0.05, 0.1) is 15.7 Å². The van der Waals surface area contributed by atoms with E-state index < -0.39 is 5.82 Å². The van der Waals surface area contributed by atoms with Crippen molar-refractivity contribution in [3.63, 3.8) is 0 Å². The smallest absolute Gasteiger partial charge is 0.274 e. The number of carbonyl (C=O) groups is 1. The molecule has 1 aromatic carbocycles. The molecule has 0 spiro atoms. The van der Waals surface area contributed by atoms with Gasteiger partial charge in [-0.1, -0.05) is 17.7 Å². The van der Waals surface area contributed by atoms with Crippen LogP contribution >= 0.6 is 22.9 Å². The molecule has 3 aromatic rings. The van der Waals surface area contributed by atoms with Crippen molar-refractivity contribution in [2.24, 2.45) is 7.05 Å². The number of rotatable bonds is 4. The predicted octanol–water partition coefficient (Wildman–Crippen LogP) is 3.82. The van der Waals surface area contributed by atoms with Crippen molar-refractivity contribution < 1.29 is 9.18 Å². The highest BCUT2D eigenvalue weighted by Crippen LogP contribution is 2.27. The first-order valence-corrected chi connectivity index (χ1v) is 8.33. The van der Waals surface area contributed by atoms with Crippen LogP contribution in [0.25, 0.3) is 0 Å². The highest BCUT2D eigenvalue weighted by molar-refractivity contribution is 7.16. The molecule has 0 unspecified atom stereocenters. The molecule has 0 atom stereocenters. The van der Waals surface area contributed by atoms with Gasteiger partial charge in [-0.15, -0.1) is 11.3 Å². The monoisotopic (exact) mass is 364 g/mol. The van der Waals surface area contributed by atoms with Crippen LogP contribution in [0.15, 0.2) is 30.5 Å². The molecule has 0 fully saturated rings. The average Bonchev–Trinajstić information content (AvgIpc) is 3.09. The molecule has 2 aromatic heterocycles. The van der Waals surface area contributed by atoms with E-state index >= 15 is 0 Å². The molecule has 0 saturated heterocycles. The lowest BCUT2D eigenvalue weighted by atomic mass is 10.1. The summed E-state index contributed by atoms with van der Waals surface area (Å²) in [6.07, 6.45) is 2.09. The van der Waals surface area contributed by atoms with E-state index in [4.69, 9.17) is 11.6 Å². The lowest BCUT2D eigenvalue weighted by Gasteiger charge is -2.03. The number of thiazole rings is 1. The zero-order valence-corrected chi connectivity index (χ0v) is 14.6. The third-order valence-corrected chi connectivity index (χ3v) is 4.82. The summed E-state index contributed by atoms with van der Waals surface area (Å²) in [5.74, 6) is -0.682. The molecule has 1 amide bonds. The Morgan fingerprint density at radius 3 is 2.88 bits per heavy atom. The van der Waals surface area contributed by atoms with E-state index in [-0.39, 0.29) is 10.9 Å². The zero-order chi connectivity index (χ0) is 17.3. The van der Waals surface area contributed by atoms with Crippen molar-refractivity contribution >= 4 is 33.8 Å². The standard InChI is InChI=1S/C16H14ClFN4OS/c1-9-16(21-15(23)13-5-6-19-22(13)2)24-14(20-9)8-10-3-4-12(18)11(17)7-10/h3-7H,8H2,1-2H3,(H,21,23). The molecule has 8 heteroatoms. The Kier molecular flexibility index (Phi) is 4.64. The van der Waals surface area contributed by atoms with Crippen LogP contribution in [0, 0.1) is 12.7 Å². The Balaban J connectivity index is 1.76. The molecule has 1 N–H and O–H groups in total. The lowest BCUT2D eigenvalue weighted by molar-refractivity contribution is 0.101. The largest absolute Gasteiger partial charge is 0.311 e. The number of benzene rings is 1. The van der Waals surface area contributed by atoms with Crippen LogP contribution in [0.5, 0.6) is 0 Å². The minimum Gasteiger partial charge on any atom is -0.311 e. The maximum atomic E-state index is 13.2. The molecule has 0 bridgehead atoms. The molecular formula is C16H14ClFN4OS. The van der Waals surface area contributed by atoms with Crippen LogP contribution in [0.3, 0.4) is 0 Å². The van der Waals surface area contributed by atoms with Gasteiger partial charge < -0.3 is 5.32 Å². The van der Waals surface area contributed by atoms with Crippen molar-refractivity contribution in [1.82, 2.24) is 14.8 Å². The topological polar surface area (TPSA) is 59.8 Å².